The van der Waals surface area contributed by atoms with E-state index in [4.69, 9.17) is 0 Å². The Morgan fingerprint density at radius 2 is 2.00 bits per heavy atom. The van der Waals surface area contributed by atoms with Crippen molar-refractivity contribution in [1.29, 1.82) is 0 Å². The van der Waals surface area contributed by atoms with E-state index in [1.165, 1.54) is 5.56 Å². The maximum Gasteiger partial charge on any atom is 0.127 e. The standard InChI is InChI=1S/C15H20N4/c1-3-7-16-15-9-14(6-8-17-15)19-11-13-5-4-12(2)18-10-13/h4-6,8-10H,3,7,11H2,1-2H3,(H2,16,17,19). The average molecular weight is 256 g/mol. The van der Waals surface area contributed by atoms with Crippen LogP contribution in [-0.4, -0.2) is 16.5 Å². The zero-order chi connectivity index (χ0) is 13.5. The number of rotatable bonds is 6. The molecule has 19 heavy (non-hydrogen) atoms. The van der Waals surface area contributed by atoms with E-state index in [-0.39, 0.29) is 0 Å². The Hall–Kier alpha value is -2.10. The third kappa shape index (κ3) is 4.25. The quantitative estimate of drug-likeness (QED) is 0.833. The van der Waals surface area contributed by atoms with Gasteiger partial charge in [0.1, 0.15) is 5.82 Å². The summed E-state index contributed by atoms with van der Waals surface area (Å²) in [6, 6.07) is 8.11. The maximum atomic E-state index is 4.28. The lowest BCUT2D eigenvalue weighted by molar-refractivity contribution is 0.969. The fraction of sp³-hybridized carbons (Fsp3) is 0.333. The molecule has 0 fully saturated rings. The molecule has 0 amide bonds. The average Bonchev–Trinajstić information content (AvgIpc) is 2.45. The van der Waals surface area contributed by atoms with Gasteiger partial charge in [0.2, 0.25) is 0 Å². The van der Waals surface area contributed by atoms with E-state index in [0.29, 0.717) is 0 Å². The van der Waals surface area contributed by atoms with E-state index in [1.807, 2.05) is 37.5 Å². The summed E-state index contributed by atoms with van der Waals surface area (Å²) in [5.74, 6) is 0.911. The van der Waals surface area contributed by atoms with Crippen molar-refractivity contribution in [3.05, 3.63) is 47.9 Å². The van der Waals surface area contributed by atoms with E-state index in [2.05, 4.69) is 33.6 Å². The van der Waals surface area contributed by atoms with Crippen LogP contribution in [0.2, 0.25) is 0 Å². The summed E-state index contributed by atoms with van der Waals surface area (Å²) in [6.07, 6.45) is 4.81. The molecule has 0 aliphatic carbocycles. The molecule has 0 saturated carbocycles. The molecule has 0 atom stereocenters. The molecule has 0 saturated heterocycles. The van der Waals surface area contributed by atoms with Crippen LogP contribution in [0.5, 0.6) is 0 Å². The molecule has 2 aromatic heterocycles. The SMILES string of the molecule is CCCNc1cc(NCc2ccc(C)nc2)ccn1. The Balaban J connectivity index is 1.93. The Bertz CT molecular complexity index is 508. The first-order chi connectivity index (χ1) is 9.28. The van der Waals surface area contributed by atoms with Gasteiger partial charge in [0.25, 0.3) is 0 Å². The van der Waals surface area contributed by atoms with Crippen LogP contribution in [0.25, 0.3) is 0 Å². The summed E-state index contributed by atoms with van der Waals surface area (Å²) >= 11 is 0. The minimum Gasteiger partial charge on any atom is -0.381 e. The van der Waals surface area contributed by atoms with Gasteiger partial charge in [-0.15, -0.1) is 0 Å². The van der Waals surface area contributed by atoms with Crippen molar-refractivity contribution in [2.24, 2.45) is 0 Å². The molecule has 0 bridgehead atoms. The second-order valence-electron chi connectivity index (χ2n) is 4.52. The fourth-order valence-electron chi connectivity index (χ4n) is 1.70. The number of hydrogen-bond acceptors (Lipinski definition) is 4. The lowest BCUT2D eigenvalue weighted by atomic mass is 10.2. The van der Waals surface area contributed by atoms with Crippen LogP contribution in [0, 0.1) is 6.92 Å². The minimum absolute atomic E-state index is 0.768. The summed E-state index contributed by atoms with van der Waals surface area (Å²) < 4.78 is 0. The maximum absolute atomic E-state index is 4.28. The summed E-state index contributed by atoms with van der Waals surface area (Å²) in [4.78, 5) is 8.56. The first-order valence-electron chi connectivity index (χ1n) is 6.63. The highest BCUT2D eigenvalue weighted by molar-refractivity contribution is 5.52. The van der Waals surface area contributed by atoms with Gasteiger partial charge < -0.3 is 10.6 Å². The Morgan fingerprint density at radius 1 is 1.11 bits per heavy atom. The molecular formula is C15H20N4. The summed E-state index contributed by atoms with van der Waals surface area (Å²) in [5.41, 5.74) is 3.28. The van der Waals surface area contributed by atoms with Crippen LogP contribution in [-0.2, 0) is 6.54 Å². The zero-order valence-electron chi connectivity index (χ0n) is 11.5. The molecule has 2 rings (SSSR count). The monoisotopic (exact) mass is 256 g/mol. The molecule has 0 spiro atoms. The van der Waals surface area contributed by atoms with Gasteiger partial charge in [-0.25, -0.2) is 4.98 Å². The van der Waals surface area contributed by atoms with Gasteiger partial charge in [0.15, 0.2) is 0 Å². The first-order valence-corrected chi connectivity index (χ1v) is 6.63. The van der Waals surface area contributed by atoms with Crippen LogP contribution in [0.4, 0.5) is 11.5 Å². The van der Waals surface area contributed by atoms with Gasteiger partial charge in [-0.1, -0.05) is 13.0 Å². The van der Waals surface area contributed by atoms with Crippen LogP contribution in [0.3, 0.4) is 0 Å². The van der Waals surface area contributed by atoms with Crippen molar-refractivity contribution < 1.29 is 0 Å². The molecule has 0 radical (unpaired) electrons. The first kappa shape index (κ1) is 13.3. The number of pyridine rings is 2. The number of nitrogens with one attached hydrogen (secondary N) is 2. The van der Waals surface area contributed by atoms with Crippen molar-refractivity contribution in [2.45, 2.75) is 26.8 Å². The van der Waals surface area contributed by atoms with E-state index >= 15 is 0 Å². The molecule has 2 aromatic rings. The lowest BCUT2D eigenvalue weighted by Crippen LogP contribution is -2.04. The Labute approximate surface area is 114 Å². The molecule has 100 valence electrons. The van der Waals surface area contributed by atoms with Crippen molar-refractivity contribution in [1.82, 2.24) is 9.97 Å². The van der Waals surface area contributed by atoms with E-state index in [0.717, 1.165) is 36.7 Å². The highest BCUT2D eigenvalue weighted by atomic mass is 15.0. The Morgan fingerprint density at radius 3 is 2.74 bits per heavy atom. The molecule has 0 aliphatic rings. The van der Waals surface area contributed by atoms with Crippen LogP contribution in [0.15, 0.2) is 36.7 Å². The van der Waals surface area contributed by atoms with E-state index in [9.17, 15) is 0 Å². The van der Waals surface area contributed by atoms with Crippen LogP contribution >= 0.6 is 0 Å². The molecular weight excluding hydrogens is 236 g/mol. The van der Waals surface area contributed by atoms with E-state index in [1.54, 1.807) is 0 Å². The predicted octanol–water partition coefficient (Wildman–Crippen LogP) is 3.22. The highest BCUT2D eigenvalue weighted by Crippen LogP contribution is 2.13. The topological polar surface area (TPSA) is 49.8 Å². The van der Waals surface area contributed by atoms with Crippen LogP contribution in [0.1, 0.15) is 24.6 Å². The van der Waals surface area contributed by atoms with Crippen molar-refractivity contribution in [2.75, 3.05) is 17.2 Å². The third-order valence-corrected chi connectivity index (χ3v) is 2.79. The predicted molar refractivity (Wildman–Crippen MR) is 79.3 cm³/mol. The molecule has 4 nitrogen and oxygen atoms in total. The second-order valence-corrected chi connectivity index (χ2v) is 4.52. The number of anilines is 2. The van der Waals surface area contributed by atoms with Crippen molar-refractivity contribution in [3.63, 3.8) is 0 Å². The van der Waals surface area contributed by atoms with Gasteiger partial charge in [0, 0.05) is 42.9 Å². The molecule has 4 heteroatoms. The number of nitrogens with zero attached hydrogens (tertiary/aromatic N) is 2. The molecule has 0 aromatic carbocycles. The molecule has 2 heterocycles. The fourth-order valence-corrected chi connectivity index (χ4v) is 1.70. The highest BCUT2D eigenvalue weighted by Gasteiger charge is 1.97. The third-order valence-electron chi connectivity index (χ3n) is 2.79. The smallest absolute Gasteiger partial charge is 0.127 e. The summed E-state index contributed by atoms with van der Waals surface area (Å²) in [7, 11) is 0. The Kier molecular flexibility index (Phi) is 4.72. The molecule has 0 unspecified atom stereocenters. The largest absolute Gasteiger partial charge is 0.381 e. The van der Waals surface area contributed by atoms with Gasteiger partial charge >= 0.3 is 0 Å². The lowest BCUT2D eigenvalue weighted by Gasteiger charge is -2.09. The normalized spacial score (nSPS) is 10.2. The van der Waals surface area contributed by atoms with Crippen LogP contribution < -0.4 is 10.6 Å². The number of hydrogen-bond donors (Lipinski definition) is 2. The minimum atomic E-state index is 0.768. The number of aromatic nitrogens is 2. The molecule has 0 aliphatic heterocycles. The molecule has 2 N–H and O–H groups in total. The van der Waals surface area contributed by atoms with E-state index < -0.39 is 0 Å². The van der Waals surface area contributed by atoms with Crippen molar-refractivity contribution in [3.8, 4) is 0 Å². The summed E-state index contributed by atoms with van der Waals surface area (Å²) in [5, 5.41) is 6.65. The van der Waals surface area contributed by atoms with Crippen molar-refractivity contribution >= 4 is 11.5 Å². The summed E-state index contributed by atoms with van der Waals surface area (Å²) in [6.45, 7) is 5.84. The van der Waals surface area contributed by atoms with Gasteiger partial charge in [0.05, 0.1) is 0 Å². The van der Waals surface area contributed by atoms with Gasteiger partial charge in [-0.3, -0.25) is 4.98 Å². The number of aryl methyl sites for hydroxylation is 1. The zero-order valence-corrected chi connectivity index (χ0v) is 11.5. The second kappa shape index (κ2) is 6.73. The van der Waals surface area contributed by atoms with Gasteiger partial charge in [-0.05, 0) is 31.0 Å². The van der Waals surface area contributed by atoms with Gasteiger partial charge in [-0.2, -0.15) is 0 Å².